The summed E-state index contributed by atoms with van der Waals surface area (Å²) in [5, 5.41) is 2.78. The van der Waals surface area contributed by atoms with Gasteiger partial charge in [-0.2, -0.15) is 0 Å². The number of sulfonamides is 1. The first-order chi connectivity index (χ1) is 11.7. The van der Waals surface area contributed by atoms with E-state index in [1.807, 2.05) is 13.8 Å². The molecule has 0 radical (unpaired) electrons. The molecule has 7 nitrogen and oxygen atoms in total. The average molecular weight is 406 g/mol. The number of benzene rings is 1. The number of hydrogen-bond acceptors (Lipinski definition) is 5. The molecule has 1 saturated carbocycles. The lowest BCUT2D eigenvalue weighted by Crippen LogP contribution is -2.43. The summed E-state index contributed by atoms with van der Waals surface area (Å²) in [5.74, 6) is -0.432. The molecule has 1 aromatic rings. The minimum atomic E-state index is -3.76. The molecule has 2 rings (SSSR count). The topological polar surface area (TPSA) is 111 Å². The Morgan fingerprint density at radius 3 is 2.31 bits per heavy atom. The number of nitrogens with one attached hydrogen (secondary N) is 2. The maximum absolute atomic E-state index is 12.1. The fourth-order valence-corrected chi connectivity index (χ4v) is 3.79. The Kier molecular flexibility index (Phi) is 8.66. The predicted octanol–water partition coefficient (Wildman–Crippen LogP) is 2.02. The monoisotopic (exact) mass is 405 g/mol. The minimum absolute atomic E-state index is 0. The van der Waals surface area contributed by atoms with E-state index in [1.54, 1.807) is 24.3 Å². The average Bonchev–Trinajstić information content (AvgIpc) is 2.50. The Balaban J connectivity index is 0.00000338. The Bertz CT molecular complexity index is 672. The van der Waals surface area contributed by atoms with Gasteiger partial charge in [-0.15, -0.1) is 12.4 Å². The van der Waals surface area contributed by atoms with Crippen molar-refractivity contribution in [1.82, 2.24) is 5.32 Å². The fourth-order valence-electron chi connectivity index (χ4n) is 2.79. The molecule has 1 aliphatic rings. The number of anilines is 1. The number of carbonyl (C=O) groups excluding carboxylic acids is 1. The van der Waals surface area contributed by atoms with Crippen LogP contribution in [-0.4, -0.2) is 38.3 Å². The molecule has 0 atom stereocenters. The van der Waals surface area contributed by atoms with Crippen molar-refractivity contribution in [1.29, 1.82) is 0 Å². The van der Waals surface area contributed by atoms with Crippen molar-refractivity contribution >= 4 is 34.0 Å². The zero-order valence-electron chi connectivity index (χ0n) is 15.1. The van der Waals surface area contributed by atoms with Crippen molar-refractivity contribution in [2.24, 2.45) is 5.73 Å². The Morgan fingerprint density at radius 2 is 1.77 bits per heavy atom. The zero-order chi connectivity index (χ0) is 18.4. The van der Waals surface area contributed by atoms with Gasteiger partial charge in [0.05, 0.1) is 6.10 Å². The van der Waals surface area contributed by atoms with Crippen LogP contribution < -0.4 is 20.5 Å². The number of ether oxygens (including phenoxy) is 1. The summed E-state index contributed by atoms with van der Waals surface area (Å²) in [6, 6.07) is 6.77. The maximum Gasteiger partial charge on any atom is 0.241 e. The lowest BCUT2D eigenvalue weighted by atomic mass is 9.92. The van der Waals surface area contributed by atoms with Gasteiger partial charge < -0.3 is 15.8 Å². The summed E-state index contributed by atoms with van der Waals surface area (Å²) < 4.78 is 32.2. The van der Waals surface area contributed by atoms with Crippen LogP contribution in [0.3, 0.4) is 0 Å². The van der Waals surface area contributed by atoms with Gasteiger partial charge >= 0.3 is 0 Å². The van der Waals surface area contributed by atoms with Crippen molar-refractivity contribution in [3.05, 3.63) is 24.3 Å². The molecule has 1 aromatic carbocycles. The Labute approximate surface area is 161 Å². The third kappa shape index (κ3) is 7.80. The van der Waals surface area contributed by atoms with Gasteiger partial charge in [0.15, 0.2) is 0 Å². The molecule has 26 heavy (non-hydrogen) atoms. The summed E-state index contributed by atoms with van der Waals surface area (Å²) >= 11 is 0. The van der Waals surface area contributed by atoms with Gasteiger partial charge in [-0.05, 0) is 63.8 Å². The summed E-state index contributed by atoms with van der Waals surface area (Å²) in [7, 11) is -3.76. The molecule has 0 spiro atoms. The van der Waals surface area contributed by atoms with E-state index in [1.165, 1.54) is 0 Å². The van der Waals surface area contributed by atoms with Crippen LogP contribution in [0.2, 0.25) is 0 Å². The standard InChI is InChI=1S/C17H27N3O4S.ClH/c1-12(2)24-16-9-7-15(8-10-16)20-25(22,23)11-17(21)19-14-5-3-13(18)4-6-14;/h7-10,12-14,20H,3-6,11,18H2,1-2H3,(H,19,21);1H. The molecular weight excluding hydrogens is 378 g/mol. The molecule has 9 heteroatoms. The van der Waals surface area contributed by atoms with Gasteiger partial charge in [-0.3, -0.25) is 9.52 Å². The number of carbonyl (C=O) groups is 1. The third-order valence-electron chi connectivity index (χ3n) is 3.96. The van der Waals surface area contributed by atoms with Gasteiger partial charge in [0.25, 0.3) is 0 Å². The van der Waals surface area contributed by atoms with E-state index in [4.69, 9.17) is 10.5 Å². The summed E-state index contributed by atoms with van der Waals surface area (Å²) in [6.45, 7) is 3.82. The van der Waals surface area contributed by atoms with Gasteiger partial charge in [-0.25, -0.2) is 8.42 Å². The van der Waals surface area contributed by atoms with Crippen molar-refractivity contribution in [2.75, 3.05) is 10.5 Å². The van der Waals surface area contributed by atoms with Crippen molar-refractivity contribution < 1.29 is 17.9 Å². The SMILES string of the molecule is CC(C)Oc1ccc(NS(=O)(=O)CC(=O)NC2CCC(N)CC2)cc1.Cl. The van der Waals surface area contributed by atoms with Gasteiger partial charge in [-0.1, -0.05) is 0 Å². The molecule has 0 saturated heterocycles. The van der Waals surface area contributed by atoms with E-state index in [9.17, 15) is 13.2 Å². The molecule has 1 aliphatic carbocycles. The highest BCUT2D eigenvalue weighted by Gasteiger charge is 2.23. The third-order valence-corrected chi connectivity index (χ3v) is 5.15. The van der Waals surface area contributed by atoms with E-state index in [0.29, 0.717) is 11.4 Å². The van der Waals surface area contributed by atoms with Gasteiger partial charge in [0, 0.05) is 17.8 Å². The van der Waals surface area contributed by atoms with Crippen molar-refractivity contribution in [3.8, 4) is 5.75 Å². The molecule has 0 aliphatic heterocycles. The summed E-state index contributed by atoms with van der Waals surface area (Å²) in [4.78, 5) is 12.0. The fraction of sp³-hybridized carbons (Fsp3) is 0.588. The zero-order valence-corrected chi connectivity index (χ0v) is 16.7. The molecule has 1 amide bonds. The van der Waals surface area contributed by atoms with Crippen LogP contribution in [0.25, 0.3) is 0 Å². The Morgan fingerprint density at radius 1 is 1.19 bits per heavy atom. The van der Waals surface area contributed by atoms with Gasteiger partial charge in [0.1, 0.15) is 11.5 Å². The second-order valence-corrected chi connectivity index (χ2v) is 8.45. The molecule has 0 heterocycles. The van der Waals surface area contributed by atoms with Crippen LogP contribution in [0.1, 0.15) is 39.5 Å². The molecule has 0 unspecified atom stereocenters. The highest BCUT2D eigenvalue weighted by atomic mass is 35.5. The van der Waals surface area contributed by atoms with Crippen molar-refractivity contribution in [2.45, 2.75) is 57.7 Å². The number of hydrogen-bond donors (Lipinski definition) is 3. The van der Waals surface area contributed by atoms with Crippen molar-refractivity contribution in [3.63, 3.8) is 0 Å². The number of amides is 1. The quantitative estimate of drug-likeness (QED) is 0.642. The number of rotatable bonds is 7. The van der Waals surface area contributed by atoms with Gasteiger partial charge in [0.2, 0.25) is 15.9 Å². The number of halogens is 1. The van der Waals surface area contributed by atoms with Crippen LogP contribution in [-0.2, 0) is 14.8 Å². The van der Waals surface area contributed by atoms with E-state index in [0.717, 1.165) is 25.7 Å². The second-order valence-electron chi connectivity index (χ2n) is 6.73. The largest absolute Gasteiger partial charge is 0.491 e. The molecule has 0 bridgehead atoms. The molecule has 148 valence electrons. The first kappa shape index (κ1) is 22.5. The van der Waals surface area contributed by atoms with Crippen LogP contribution >= 0.6 is 12.4 Å². The summed E-state index contributed by atoms with van der Waals surface area (Å²) in [5.41, 5.74) is 6.22. The van der Waals surface area contributed by atoms with E-state index >= 15 is 0 Å². The number of nitrogens with two attached hydrogens (primary N) is 1. The van der Waals surface area contributed by atoms with Crippen LogP contribution in [0, 0.1) is 0 Å². The predicted molar refractivity (Wildman–Crippen MR) is 105 cm³/mol. The smallest absolute Gasteiger partial charge is 0.241 e. The first-order valence-corrected chi connectivity index (χ1v) is 10.2. The lowest BCUT2D eigenvalue weighted by Gasteiger charge is -2.26. The van der Waals surface area contributed by atoms with Crippen LogP contribution in [0.5, 0.6) is 5.75 Å². The lowest BCUT2D eigenvalue weighted by molar-refractivity contribution is -0.119. The molecule has 1 fully saturated rings. The molecule has 0 aromatic heterocycles. The van der Waals surface area contributed by atoms with Crippen LogP contribution in [0.4, 0.5) is 5.69 Å². The van der Waals surface area contributed by atoms with E-state index < -0.39 is 21.7 Å². The van der Waals surface area contributed by atoms with E-state index in [-0.39, 0.29) is 30.6 Å². The highest BCUT2D eigenvalue weighted by molar-refractivity contribution is 7.93. The normalized spacial score (nSPS) is 20.2. The summed E-state index contributed by atoms with van der Waals surface area (Å²) in [6.07, 6.45) is 3.32. The maximum atomic E-state index is 12.1. The molecule has 4 N–H and O–H groups in total. The molecular formula is C17H28ClN3O4S. The highest BCUT2D eigenvalue weighted by Crippen LogP contribution is 2.19. The Hall–Kier alpha value is -1.51. The van der Waals surface area contributed by atoms with Crippen LogP contribution in [0.15, 0.2) is 24.3 Å². The second kappa shape index (κ2) is 9.99. The first-order valence-electron chi connectivity index (χ1n) is 8.55. The van der Waals surface area contributed by atoms with E-state index in [2.05, 4.69) is 10.0 Å². The minimum Gasteiger partial charge on any atom is -0.491 e.